The Bertz CT molecular complexity index is 699. The van der Waals surface area contributed by atoms with Gasteiger partial charge in [-0.15, -0.1) is 0 Å². The van der Waals surface area contributed by atoms with Crippen molar-refractivity contribution in [1.29, 1.82) is 0 Å². The van der Waals surface area contributed by atoms with Gasteiger partial charge in [0.1, 0.15) is 16.2 Å². The summed E-state index contributed by atoms with van der Waals surface area (Å²) in [6.45, 7) is 0.301. The zero-order valence-corrected chi connectivity index (χ0v) is 12.9. The summed E-state index contributed by atoms with van der Waals surface area (Å²) < 4.78 is 24.1. The number of nitrogens with one attached hydrogen (secondary N) is 1. The van der Waals surface area contributed by atoms with Crippen LogP contribution in [0.3, 0.4) is 0 Å². The molecular weight excluding hydrogens is 294 g/mol. The zero-order chi connectivity index (χ0) is 15.5. The van der Waals surface area contributed by atoms with Crippen molar-refractivity contribution >= 4 is 21.7 Å². The molecule has 10 heteroatoms. The Morgan fingerprint density at radius 3 is 2.67 bits per heavy atom. The van der Waals surface area contributed by atoms with E-state index < -0.39 is 9.84 Å². The van der Waals surface area contributed by atoms with Crippen LogP contribution in [0.1, 0.15) is 0 Å². The molecule has 2 aromatic heterocycles. The van der Waals surface area contributed by atoms with E-state index in [1.165, 1.54) is 6.26 Å². The van der Waals surface area contributed by atoms with Gasteiger partial charge in [-0.1, -0.05) is 0 Å². The van der Waals surface area contributed by atoms with Gasteiger partial charge in [0.25, 0.3) is 0 Å². The molecule has 2 heterocycles. The lowest BCUT2D eigenvalue weighted by Crippen LogP contribution is -2.27. The number of rotatable bonds is 6. The minimum atomic E-state index is -3.04. The lowest BCUT2D eigenvalue weighted by atomic mass is 10.6. The minimum Gasteiger partial charge on any atom is -0.357 e. The van der Waals surface area contributed by atoms with Crippen LogP contribution in [0.25, 0.3) is 5.95 Å². The van der Waals surface area contributed by atoms with E-state index in [1.807, 2.05) is 0 Å². The summed E-state index contributed by atoms with van der Waals surface area (Å²) in [5.41, 5.74) is 0. The summed E-state index contributed by atoms with van der Waals surface area (Å²) in [6, 6.07) is 0. The van der Waals surface area contributed by atoms with Gasteiger partial charge in [0.15, 0.2) is 0 Å². The molecule has 0 saturated carbocycles. The minimum absolute atomic E-state index is 0.0322. The predicted molar refractivity (Wildman–Crippen MR) is 79.5 cm³/mol. The lowest BCUT2D eigenvalue weighted by molar-refractivity contribution is 0.600. The van der Waals surface area contributed by atoms with E-state index in [0.717, 1.165) is 0 Å². The van der Waals surface area contributed by atoms with Crippen LogP contribution < -0.4 is 10.2 Å². The van der Waals surface area contributed by atoms with Crippen LogP contribution in [0.5, 0.6) is 0 Å². The standard InChI is InChI=1S/C11H17N7O2S/c1-12-9-14-10(17(2)6-7-21(3,19)20)16-11(15-9)18-5-4-13-8-18/h4-5,8H,6-7H2,1-3H3,(H,12,14,15,16). The number of hydrogen-bond donors (Lipinski definition) is 1. The topological polar surface area (TPSA) is 106 Å². The Hall–Kier alpha value is -2.23. The second-order valence-electron chi connectivity index (χ2n) is 4.53. The fraction of sp³-hybridized carbons (Fsp3) is 0.455. The van der Waals surface area contributed by atoms with Crippen molar-refractivity contribution < 1.29 is 8.42 Å². The van der Waals surface area contributed by atoms with E-state index in [4.69, 9.17) is 0 Å². The van der Waals surface area contributed by atoms with Crippen molar-refractivity contribution in [2.75, 3.05) is 42.9 Å². The van der Waals surface area contributed by atoms with E-state index in [9.17, 15) is 8.42 Å². The number of aromatic nitrogens is 5. The summed E-state index contributed by atoms with van der Waals surface area (Å²) in [4.78, 5) is 18.4. The van der Waals surface area contributed by atoms with Gasteiger partial charge in [0.05, 0.1) is 5.75 Å². The highest BCUT2D eigenvalue weighted by atomic mass is 32.2. The van der Waals surface area contributed by atoms with Gasteiger partial charge in [0, 0.05) is 39.3 Å². The maximum absolute atomic E-state index is 11.2. The molecule has 21 heavy (non-hydrogen) atoms. The molecule has 2 rings (SSSR count). The number of anilines is 2. The quantitative estimate of drug-likeness (QED) is 0.766. The molecule has 2 aromatic rings. The van der Waals surface area contributed by atoms with Crippen LogP contribution in [-0.4, -0.2) is 65.6 Å². The first-order valence-electron chi connectivity index (χ1n) is 6.20. The molecule has 0 aromatic carbocycles. The third kappa shape index (κ3) is 4.12. The maximum atomic E-state index is 11.2. The average molecular weight is 311 g/mol. The van der Waals surface area contributed by atoms with Crippen LogP contribution in [0, 0.1) is 0 Å². The second-order valence-corrected chi connectivity index (χ2v) is 6.79. The predicted octanol–water partition coefficient (Wildman–Crippen LogP) is -0.420. The van der Waals surface area contributed by atoms with Crippen LogP contribution in [0.15, 0.2) is 18.7 Å². The van der Waals surface area contributed by atoms with Crippen LogP contribution in [0.2, 0.25) is 0 Å². The summed E-state index contributed by atoms with van der Waals surface area (Å²) in [5.74, 6) is 1.23. The van der Waals surface area contributed by atoms with Gasteiger partial charge in [0.2, 0.25) is 17.8 Å². The van der Waals surface area contributed by atoms with Gasteiger partial charge in [-0.05, 0) is 0 Å². The van der Waals surface area contributed by atoms with Crippen molar-refractivity contribution in [3.63, 3.8) is 0 Å². The third-order valence-electron chi connectivity index (χ3n) is 2.71. The molecule has 0 fully saturated rings. The number of hydrogen-bond acceptors (Lipinski definition) is 8. The van der Waals surface area contributed by atoms with Crippen molar-refractivity contribution in [2.24, 2.45) is 0 Å². The second kappa shape index (κ2) is 6.04. The molecule has 0 atom stereocenters. The molecule has 0 spiro atoms. The smallest absolute Gasteiger partial charge is 0.241 e. The van der Waals surface area contributed by atoms with Gasteiger partial charge in [-0.3, -0.25) is 4.57 Å². The van der Waals surface area contributed by atoms with Gasteiger partial charge in [-0.25, -0.2) is 13.4 Å². The van der Waals surface area contributed by atoms with Crippen molar-refractivity contribution in [3.8, 4) is 5.95 Å². The van der Waals surface area contributed by atoms with Crippen LogP contribution >= 0.6 is 0 Å². The van der Waals surface area contributed by atoms with Gasteiger partial charge < -0.3 is 10.2 Å². The molecule has 114 valence electrons. The highest BCUT2D eigenvalue weighted by molar-refractivity contribution is 7.90. The third-order valence-corrected chi connectivity index (χ3v) is 3.63. The summed E-state index contributed by atoms with van der Waals surface area (Å²) in [5, 5.41) is 2.86. The molecular formula is C11H17N7O2S. The summed E-state index contributed by atoms with van der Waals surface area (Å²) in [6.07, 6.45) is 6.12. The molecule has 0 aliphatic rings. The normalized spacial score (nSPS) is 11.4. The Labute approximate surface area is 123 Å². The van der Waals surface area contributed by atoms with E-state index in [2.05, 4.69) is 25.3 Å². The molecule has 0 radical (unpaired) electrons. The number of imidazole rings is 1. The largest absolute Gasteiger partial charge is 0.357 e. The Morgan fingerprint density at radius 1 is 1.33 bits per heavy atom. The molecule has 0 amide bonds. The van der Waals surface area contributed by atoms with E-state index in [0.29, 0.717) is 24.4 Å². The Balaban J connectivity index is 2.28. The van der Waals surface area contributed by atoms with E-state index in [-0.39, 0.29) is 5.75 Å². The molecule has 0 unspecified atom stereocenters. The highest BCUT2D eigenvalue weighted by Crippen LogP contribution is 2.11. The first-order chi connectivity index (χ1) is 9.89. The monoisotopic (exact) mass is 311 g/mol. The number of sulfone groups is 1. The highest BCUT2D eigenvalue weighted by Gasteiger charge is 2.12. The Morgan fingerprint density at radius 2 is 2.10 bits per heavy atom. The average Bonchev–Trinajstić information content (AvgIpc) is 2.97. The van der Waals surface area contributed by atoms with Crippen LogP contribution in [0.4, 0.5) is 11.9 Å². The lowest BCUT2D eigenvalue weighted by Gasteiger charge is -2.17. The fourth-order valence-corrected chi connectivity index (χ4v) is 2.14. The summed E-state index contributed by atoms with van der Waals surface area (Å²) in [7, 11) is 0.396. The van der Waals surface area contributed by atoms with Crippen molar-refractivity contribution in [2.45, 2.75) is 0 Å². The number of nitrogens with zero attached hydrogens (tertiary/aromatic N) is 6. The first kappa shape index (κ1) is 15.2. The zero-order valence-electron chi connectivity index (χ0n) is 12.1. The molecule has 0 saturated heterocycles. The van der Waals surface area contributed by atoms with Gasteiger partial charge >= 0.3 is 0 Å². The van der Waals surface area contributed by atoms with Crippen molar-refractivity contribution in [3.05, 3.63) is 18.7 Å². The molecule has 0 aliphatic carbocycles. The molecule has 0 bridgehead atoms. The SMILES string of the molecule is CNc1nc(N(C)CCS(C)(=O)=O)nc(-n2ccnc2)n1. The summed E-state index contributed by atoms with van der Waals surface area (Å²) >= 11 is 0. The molecule has 9 nitrogen and oxygen atoms in total. The Kier molecular flexibility index (Phi) is 4.36. The molecule has 0 aliphatic heterocycles. The van der Waals surface area contributed by atoms with E-state index in [1.54, 1.807) is 42.3 Å². The maximum Gasteiger partial charge on any atom is 0.241 e. The van der Waals surface area contributed by atoms with Crippen molar-refractivity contribution in [1.82, 2.24) is 24.5 Å². The van der Waals surface area contributed by atoms with Gasteiger partial charge in [-0.2, -0.15) is 15.0 Å². The fourth-order valence-electron chi connectivity index (χ4n) is 1.53. The molecule has 1 N–H and O–H groups in total. The van der Waals surface area contributed by atoms with E-state index >= 15 is 0 Å². The first-order valence-corrected chi connectivity index (χ1v) is 8.26. The van der Waals surface area contributed by atoms with Crippen LogP contribution in [-0.2, 0) is 9.84 Å².